The zero-order chi connectivity index (χ0) is 21.4. The summed E-state index contributed by atoms with van der Waals surface area (Å²) in [5, 5.41) is 0. The van der Waals surface area contributed by atoms with Crippen LogP contribution < -0.4 is 0 Å². The first-order chi connectivity index (χ1) is 13.5. The predicted molar refractivity (Wildman–Crippen MR) is 111 cm³/mol. The number of sulfonamides is 1. The molecule has 0 saturated carbocycles. The molecule has 2 heterocycles. The number of carbonyl (C=O) groups excluding carboxylic acids is 2. The summed E-state index contributed by atoms with van der Waals surface area (Å²) in [5.41, 5.74) is 0.980. The molecular formula is C21H31N3O4S. The Morgan fingerprint density at radius 3 is 2.10 bits per heavy atom. The first-order valence-electron chi connectivity index (χ1n) is 10.2. The Bertz CT molecular complexity index is 868. The van der Waals surface area contributed by atoms with Gasteiger partial charge in [0.25, 0.3) is 0 Å². The molecule has 1 aromatic carbocycles. The zero-order valence-electron chi connectivity index (χ0n) is 17.7. The van der Waals surface area contributed by atoms with Gasteiger partial charge in [-0.3, -0.25) is 9.59 Å². The van der Waals surface area contributed by atoms with Gasteiger partial charge in [-0.2, -0.15) is 4.31 Å². The van der Waals surface area contributed by atoms with Crippen molar-refractivity contribution in [3.63, 3.8) is 0 Å². The molecule has 0 aliphatic carbocycles. The van der Waals surface area contributed by atoms with Gasteiger partial charge in [-0.25, -0.2) is 8.42 Å². The van der Waals surface area contributed by atoms with Crippen molar-refractivity contribution in [1.82, 2.24) is 14.1 Å². The summed E-state index contributed by atoms with van der Waals surface area (Å²) >= 11 is 0. The third kappa shape index (κ3) is 4.48. The molecule has 0 bridgehead atoms. The second-order valence-electron chi connectivity index (χ2n) is 8.91. The highest BCUT2D eigenvalue weighted by atomic mass is 32.2. The van der Waals surface area contributed by atoms with Crippen molar-refractivity contribution < 1.29 is 18.0 Å². The van der Waals surface area contributed by atoms with E-state index in [1.54, 1.807) is 24.0 Å². The number of amides is 2. The Balaban J connectivity index is 1.69. The Hall–Kier alpha value is -1.93. The summed E-state index contributed by atoms with van der Waals surface area (Å²) in [6.07, 6.45) is 1.98. The molecule has 160 valence electrons. The highest BCUT2D eigenvalue weighted by Crippen LogP contribution is 2.25. The van der Waals surface area contributed by atoms with E-state index in [1.807, 2.05) is 12.1 Å². The van der Waals surface area contributed by atoms with Crippen molar-refractivity contribution in [2.75, 3.05) is 32.7 Å². The molecule has 2 saturated heterocycles. The van der Waals surface area contributed by atoms with Crippen LogP contribution in [-0.4, -0.2) is 73.1 Å². The van der Waals surface area contributed by atoms with Crippen LogP contribution in [0.4, 0.5) is 0 Å². The quantitative estimate of drug-likeness (QED) is 0.743. The van der Waals surface area contributed by atoms with Gasteiger partial charge in [0, 0.05) is 26.2 Å². The van der Waals surface area contributed by atoms with E-state index in [4.69, 9.17) is 0 Å². The van der Waals surface area contributed by atoms with Gasteiger partial charge in [-0.15, -0.1) is 0 Å². The van der Waals surface area contributed by atoms with Crippen LogP contribution in [0.3, 0.4) is 0 Å². The van der Waals surface area contributed by atoms with E-state index in [0.29, 0.717) is 0 Å². The maximum atomic E-state index is 13.0. The fraction of sp³-hybridized carbons (Fsp3) is 0.619. The Morgan fingerprint density at radius 1 is 1.00 bits per heavy atom. The van der Waals surface area contributed by atoms with Gasteiger partial charge in [0.05, 0.1) is 11.4 Å². The monoisotopic (exact) mass is 421 g/mol. The Kier molecular flexibility index (Phi) is 6.06. The Labute approximate surface area is 173 Å². The van der Waals surface area contributed by atoms with Crippen LogP contribution >= 0.6 is 0 Å². The zero-order valence-corrected chi connectivity index (χ0v) is 18.5. The van der Waals surface area contributed by atoms with Crippen LogP contribution in [-0.2, 0) is 25.0 Å². The van der Waals surface area contributed by atoms with E-state index in [2.05, 4.69) is 20.8 Å². The number of likely N-dealkylation sites (tertiary alicyclic amines) is 1. The maximum Gasteiger partial charge on any atom is 0.245 e. The van der Waals surface area contributed by atoms with Crippen LogP contribution in [0.25, 0.3) is 0 Å². The average Bonchev–Trinajstić information content (AvgIpc) is 3.21. The van der Waals surface area contributed by atoms with Crippen LogP contribution in [0, 0.1) is 0 Å². The van der Waals surface area contributed by atoms with Crippen LogP contribution in [0.15, 0.2) is 29.2 Å². The molecule has 8 heteroatoms. The van der Waals surface area contributed by atoms with E-state index < -0.39 is 16.1 Å². The minimum Gasteiger partial charge on any atom is -0.341 e. The van der Waals surface area contributed by atoms with Gasteiger partial charge in [0.2, 0.25) is 21.8 Å². The van der Waals surface area contributed by atoms with Gasteiger partial charge in [-0.05, 0) is 42.9 Å². The topological polar surface area (TPSA) is 78.0 Å². The predicted octanol–water partition coefficient (Wildman–Crippen LogP) is 1.83. The standard InChI is InChI=1S/C21H31N3O4S/c1-16(20(26)22-11-5-6-12-22)24-14-13-23(15-19(24)25)29(27,28)18-9-7-17(8-10-18)21(2,3)4/h7-10,16H,5-6,11-15H2,1-4H3. The number of nitrogens with zero attached hydrogens (tertiary/aromatic N) is 3. The fourth-order valence-electron chi connectivity index (χ4n) is 3.89. The van der Waals surface area contributed by atoms with E-state index in [1.165, 1.54) is 9.21 Å². The van der Waals surface area contributed by atoms with Gasteiger partial charge < -0.3 is 9.80 Å². The minimum atomic E-state index is -3.75. The summed E-state index contributed by atoms with van der Waals surface area (Å²) in [6.45, 7) is 9.57. The maximum absolute atomic E-state index is 13.0. The van der Waals surface area contributed by atoms with E-state index in [-0.39, 0.29) is 41.8 Å². The molecule has 2 amide bonds. The molecule has 0 aromatic heterocycles. The van der Waals surface area contributed by atoms with Crippen LogP contribution in [0.2, 0.25) is 0 Å². The lowest BCUT2D eigenvalue weighted by molar-refractivity contribution is -0.146. The van der Waals surface area contributed by atoms with Gasteiger partial charge in [0.15, 0.2) is 0 Å². The molecule has 0 N–H and O–H groups in total. The highest BCUT2D eigenvalue weighted by molar-refractivity contribution is 7.89. The van der Waals surface area contributed by atoms with Crippen molar-refractivity contribution in [2.45, 2.75) is 56.9 Å². The third-order valence-electron chi connectivity index (χ3n) is 5.82. The van der Waals surface area contributed by atoms with E-state index in [9.17, 15) is 18.0 Å². The summed E-state index contributed by atoms with van der Waals surface area (Å²) in [5.74, 6) is -0.379. The Morgan fingerprint density at radius 2 is 1.59 bits per heavy atom. The second kappa shape index (κ2) is 8.07. The normalized spacial score (nSPS) is 20.2. The molecule has 0 radical (unpaired) electrons. The number of rotatable bonds is 4. The molecule has 3 rings (SSSR count). The van der Waals surface area contributed by atoms with Gasteiger partial charge >= 0.3 is 0 Å². The lowest BCUT2D eigenvalue weighted by Gasteiger charge is -2.37. The molecule has 2 fully saturated rings. The number of benzene rings is 1. The second-order valence-corrected chi connectivity index (χ2v) is 10.8. The molecule has 1 unspecified atom stereocenters. The van der Waals surface area contributed by atoms with Gasteiger partial charge in [0.1, 0.15) is 6.04 Å². The summed E-state index contributed by atoms with van der Waals surface area (Å²) in [6, 6.07) is 6.29. The largest absolute Gasteiger partial charge is 0.341 e. The first kappa shape index (κ1) is 21.8. The van der Waals surface area contributed by atoms with Crippen molar-refractivity contribution >= 4 is 21.8 Å². The SMILES string of the molecule is CC(C(=O)N1CCCC1)N1CCN(S(=O)(=O)c2ccc(C(C)(C)C)cc2)CC1=O. The molecule has 1 atom stereocenters. The van der Waals surface area contributed by atoms with Crippen molar-refractivity contribution in [1.29, 1.82) is 0 Å². The molecule has 2 aliphatic heterocycles. The molecule has 29 heavy (non-hydrogen) atoms. The highest BCUT2D eigenvalue weighted by Gasteiger charge is 2.37. The third-order valence-corrected chi connectivity index (χ3v) is 7.68. The van der Waals surface area contributed by atoms with E-state index in [0.717, 1.165) is 31.5 Å². The van der Waals surface area contributed by atoms with Gasteiger partial charge in [-0.1, -0.05) is 32.9 Å². The van der Waals surface area contributed by atoms with Crippen molar-refractivity contribution in [3.8, 4) is 0 Å². The van der Waals surface area contributed by atoms with Crippen LogP contribution in [0.5, 0.6) is 0 Å². The number of carbonyl (C=O) groups is 2. The van der Waals surface area contributed by atoms with Crippen molar-refractivity contribution in [3.05, 3.63) is 29.8 Å². The van der Waals surface area contributed by atoms with E-state index >= 15 is 0 Å². The lowest BCUT2D eigenvalue weighted by atomic mass is 9.87. The fourth-order valence-corrected chi connectivity index (χ4v) is 5.27. The van der Waals surface area contributed by atoms with Crippen LogP contribution in [0.1, 0.15) is 46.1 Å². The average molecular weight is 422 g/mol. The van der Waals surface area contributed by atoms with Crippen molar-refractivity contribution in [2.24, 2.45) is 0 Å². The summed E-state index contributed by atoms with van der Waals surface area (Å²) in [7, 11) is -3.75. The molecule has 2 aliphatic rings. The number of hydrogen-bond donors (Lipinski definition) is 0. The minimum absolute atomic E-state index is 0.0510. The molecular weight excluding hydrogens is 390 g/mol. The first-order valence-corrected chi connectivity index (χ1v) is 11.6. The lowest BCUT2D eigenvalue weighted by Crippen LogP contribution is -2.58. The number of piperazine rings is 1. The molecule has 0 spiro atoms. The number of hydrogen-bond acceptors (Lipinski definition) is 4. The molecule has 1 aromatic rings. The molecule has 7 nitrogen and oxygen atoms in total. The summed E-state index contributed by atoms with van der Waals surface area (Å²) < 4.78 is 27.2. The smallest absolute Gasteiger partial charge is 0.245 e. The summed E-state index contributed by atoms with van der Waals surface area (Å²) in [4.78, 5) is 28.8.